The second-order valence-electron chi connectivity index (χ2n) is 10.0. The van der Waals surface area contributed by atoms with Crippen molar-refractivity contribution in [2.75, 3.05) is 11.5 Å². The number of anilines is 1. The van der Waals surface area contributed by atoms with E-state index >= 15 is 0 Å². The van der Waals surface area contributed by atoms with Crippen LogP contribution in [0.2, 0.25) is 0 Å². The summed E-state index contributed by atoms with van der Waals surface area (Å²) in [4.78, 5) is 33.0. The predicted molar refractivity (Wildman–Crippen MR) is 141 cm³/mol. The molecule has 0 aromatic heterocycles. The standard InChI is InChI=1S/C31H25N3O4/c1-33-24-12-13-25(23-11-6-5-10-22(23)24)34-28(35)26-27(29(34)36)31(16-15-30(26,38-31)14-7-18-32)17-19-37-20-21-8-3-2-4-9-21/h2-6,8-13,15-16,26-27H,7,14,17,19-20H2/t26-,27+,30?,31?/m1/s1. The van der Waals surface area contributed by atoms with Crippen molar-refractivity contribution in [1.82, 2.24) is 0 Å². The summed E-state index contributed by atoms with van der Waals surface area (Å²) >= 11 is 0. The normalized spacial score (nSPS) is 27.1. The lowest BCUT2D eigenvalue weighted by molar-refractivity contribution is -0.131. The van der Waals surface area contributed by atoms with Gasteiger partial charge in [-0.1, -0.05) is 72.8 Å². The molecule has 0 N–H and O–H groups in total. The van der Waals surface area contributed by atoms with Crippen LogP contribution in [0.15, 0.2) is 78.9 Å². The summed E-state index contributed by atoms with van der Waals surface area (Å²) in [7, 11) is 0. The summed E-state index contributed by atoms with van der Waals surface area (Å²) in [6, 6.07) is 22.7. The number of carbonyl (C=O) groups excluding carboxylic acids is 2. The molecule has 2 unspecified atom stereocenters. The van der Waals surface area contributed by atoms with Crippen molar-refractivity contribution in [3.05, 3.63) is 95.9 Å². The minimum atomic E-state index is -1.01. The van der Waals surface area contributed by atoms with Crippen LogP contribution in [0.3, 0.4) is 0 Å². The maximum absolute atomic E-state index is 14.1. The van der Waals surface area contributed by atoms with Gasteiger partial charge in [-0.15, -0.1) is 0 Å². The van der Waals surface area contributed by atoms with Gasteiger partial charge in [0, 0.05) is 12.8 Å². The number of nitrogens with zero attached hydrogens (tertiary/aromatic N) is 3. The molecule has 0 aliphatic carbocycles. The Morgan fingerprint density at radius 1 is 0.921 bits per heavy atom. The lowest BCUT2D eigenvalue weighted by Crippen LogP contribution is -2.42. The van der Waals surface area contributed by atoms with Crippen LogP contribution in [0.5, 0.6) is 0 Å². The number of imide groups is 1. The van der Waals surface area contributed by atoms with Gasteiger partial charge in [0.15, 0.2) is 5.69 Å². The Balaban J connectivity index is 1.34. The number of carbonyl (C=O) groups is 2. The molecule has 2 saturated heterocycles. The summed E-state index contributed by atoms with van der Waals surface area (Å²) in [6.45, 7) is 8.30. The average Bonchev–Trinajstić information content (AvgIpc) is 3.56. The van der Waals surface area contributed by atoms with Gasteiger partial charge in [-0.3, -0.25) is 9.59 Å². The molecule has 4 atom stereocenters. The van der Waals surface area contributed by atoms with E-state index < -0.39 is 23.0 Å². The fourth-order valence-corrected chi connectivity index (χ4v) is 6.32. The molecule has 188 valence electrons. The monoisotopic (exact) mass is 503 g/mol. The van der Waals surface area contributed by atoms with E-state index in [4.69, 9.17) is 16.0 Å². The quantitative estimate of drug-likeness (QED) is 0.176. The Hall–Kier alpha value is -4.30. The molecule has 2 amide bonds. The third kappa shape index (κ3) is 3.55. The first-order chi connectivity index (χ1) is 18.5. The SMILES string of the molecule is [C-]#[N+]c1ccc(N2C(=O)[C@@H]3[C@H](C2=O)C2(CCC#N)C=CC3(CCOCc3ccccc3)O2)c2ccccc12. The molecule has 6 rings (SSSR count). The second kappa shape index (κ2) is 9.22. The minimum Gasteiger partial charge on any atom is -0.377 e. The van der Waals surface area contributed by atoms with Crippen LogP contribution in [-0.2, 0) is 25.7 Å². The number of benzene rings is 3. The fraction of sp³-hybridized carbons (Fsp3) is 0.290. The van der Waals surface area contributed by atoms with Crippen LogP contribution in [0.4, 0.5) is 11.4 Å². The lowest BCUT2D eigenvalue weighted by atomic mass is 9.69. The van der Waals surface area contributed by atoms with E-state index in [1.807, 2.05) is 66.7 Å². The van der Waals surface area contributed by atoms with Crippen LogP contribution in [0, 0.1) is 29.7 Å². The molecule has 38 heavy (non-hydrogen) atoms. The van der Waals surface area contributed by atoms with Gasteiger partial charge in [0.05, 0.1) is 43.4 Å². The maximum atomic E-state index is 14.1. The predicted octanol–water partition coefficient (Wildman–Crippen LogP) is 5.48. The molecule has 3 aliphatic heterocycles. The van der Waals surface area contributed by atoms with Gasteiger partial charge >= 0.3 is 0 Å². The molecular formula is C31H25N3O4. The van der Waals surface area contributed by atoms with Crippen molar-refractivity contribution in [2.45, 2.75) is 37.1 Å². The second-order valence-corrected chi connectivity index (χ2v) is 10.0. The summed E-state index contributed by atoms with van der Waals surface area (Å²) in [6.07, 6.45) is 4.75. The van der Waals surface area contributed by atoms with E-state index in [0.717, 1.165) is 5.56 Å². The van der Waals surface area contributed by atoms with Gasteiger partial charge in [-0.2, -0.15) is 5.26 Å². The maximum Gasteiger partial charge on any atom is 0.241 e. The van der Waals surface area contributed by atoms with Gasteiger partial charge in [0.1, 0.15) is 11.2 Å². The molecule has 3 aliphatic rings. The molecule has 2 bridgehead atoms. The summed E-state index contributed by atoms with van der Waals surface area (Å²) in [5.74, 6) is -2.07. The molecular weight excluding hydrogens is 478 g/mol. The molecule has 7 heteroatoms. The van der Waals surface area contributed by atoms with Crippen molar-refractivity contribution in [2.24, 2.45) is 11.8 Å². The highest BCUT2D eigenvalue weighted by Crippen LogP contribution is 2.60. The zero-order chi connectivity index (χ0) is 26.3. The van der Waals surface area contributed by atoms with Crippen molar-refractivity contribution in [1.29, 1.82) is 5.26 Å². The van der Waals surface area contributed by atoms with Gasteiger partial charge in [-0.05, 0) is 28.8 Å². The first-order valence-corrected chi connectivity index (χ1v) is 12.7. The number of hydrogen-bond acceptors (Lipinski definition) is 5. The summed E-state index contributed by atoms with van der Waals surface area (Å²) < 4.78 is 12.5. The zero-order valence-electron chi connectivity index (χ0n) is 20.7. The van der Waals surface area contributed by atoms with Crippen LogP contribution in [0.25, 0.3) is 15.6 Å². The highest BCUT2D eigenvalue weighted by molar-refractivity contribution is 6.26. The Morgan fingerprint density at radius 3 is 2.26 bits per heavy atom. The Bertz CT molecular complexity index is 1550. The van der Waals surface area contributed by atoms with E-state index in [2.05, 4.69) is 10.9 Å². The topological polar surface area (TPSA) is 84.0 Å². The largest absolute Gasteiger partial charge is 0.377 e. The first-order valence-electron chi connectivity index (χ1n) is 12.7. The third-order valence-corrected chi connectivity index (χ3v) is 8.00. The number of ether oxygens (including phenoxy) is 2. The lowest BCUT2D eigenvalue weighted by Gasteiger charge is -2.30. The van der Waals surface area contributed by atoms with Crippen LogP contribution in [-0.4, -0.2) is 29.6 Å². The van der Waals surface area contributed by atoms with Crippen LogP contribution in [0.1, 0.15) is 24.8 Å². The molecule has 0 radical (unpaired) electrons. The Morgan fingerprint density at radius 2 is 1.58 bits per heavy atom. The van der Waals surface area contributed by atoms with Crippen molar-refractivity contribution in [3.63, 3.8) is 0 Å². The smallest absolute Gasteiger partial charge is 0.241 e. The number of hydrogen-bond donors (Lipinski definition) is 0. The fourth-order valence-electron chi connectivity index (χ4n) is 6.32. The molecule has 7 nitrogen and oxygen atoms in total. The van der Waals surface area contributed by atoms with E-state index in [1.165, 1.54) is 4.90 Å². The number of fused-ring (bicyclic) bond motifs is 6. The van der Waals surface area contributed by atoms with Gasteiger partial charge in [-0.25, -0.2) is 9.74 Å². The highest BCUT2D eigenvalue weighted by atomic mass is 16.5. The number of rotatable bonds is 8. The molecule has 3 heterocycles. The first kappa shape index (κ1) is 24.1. The van der Waals surface area contributed by atoms with E-state index in [1.54, 1.807) is 12.1 Å². The van der Waals surface area contributed by atoms with Gasteiger partial charge in [0.2, 0.25) is 11.8 Å². The summed E-state index contributed by atoms with van der Waals surface area (Å²) in [5.41, 5.74) is 0.000491. The van der Waals surface area contributed by atoms with Crippen molar-refractivity contribution < 1.29 is 19.1 Å². The Labute approximate surface area is 220 Å². The minimum absolute atomic E-state index is 0.207. The molecule has 0 saturated carbocycles. The van der Waals surface area contributed by atoms with E-state index in [9.17, 15) is 14.9 Å². The molecule has 3 aromatic rings. The van der Waals surface area contributed by atoms with E-state index in [-0.39, 0.29) is 18.2 Å². The van der Waals surface area contributed by atoms with Crippen LogP contribution >= 0.6 is 0 Å². The van der Waals surface area contributed by atoms with Gasteiger partial charge in [0.25, 0.3) is 0 Å². The molecule has 2 fully saturated rings. The summed E-state index contributed by atoms with van der Waals surface area (Å²) in [5, 5.41) is 10.7. The highest BCUT2D eigenvalue weighted by Gasteiger charge is 2.73. The molecule has 0 spiro atoms. The van der Waals surface area contributed by atoms with Crippen LogP contribution < -0.4 is 4.90 Å². The Kier molecular flexibility index (Phi) is 5.84. The van der Waals surface area contributed by atoms with E-state index in [0.29, 0.717) is 48.2 Å². The van der Waals surface area contributed by atoms with Gasteiger partial charge < -0.3 is 9.47 Å². The third-order valence-electron chi connectivity index (χ3n) is 8.00. The number of nitriles is 1. The van der Waals surface area contributed by atoms with Crippen molar-refractivity contribution >= 4 is 34.0 Å². The molecule has 3 aromatic carbocycles. The zero-order valence-corrected chi connectivity index (χ0v) is 20.7. The number of amides is 2. The van der Waals surface area contributed by atoms with Crippen molar-refractivity contribution in [3.8, 4) is 6.07 Å². The average molecular weight is 504 g/mol.